The Balaban J connectivity index is 0.000000877. The van der Waals surface area contributed by atoms with Crippen molar-refractivity contribution in [2.75, 3.05) is 5.32 Å². The summed E-state index contributed by atoms with van der Waals surface area (Å²) in [6.07, 6.45) is 1.46. The molecule has 0 heterocycles. The minimum absolute atomic E-state index is 0.0151. The van der Waals surface area contributed by atoms with Crippen molar-refractivity contribution < 1.29 is 19.1 Å². The number of carbonyl (C=O) groups is 2. The standard InChI is InChI=1S/C23H26Cl2FN3O3.C5H12/c1-13(17-4-3-5-18(25)20(17)26)21(22(31)29-16-9-23(2,32)10-16)27-11-14-6-7-15(24)8-19(14)28-12-30;1-5(2,3)4/h3-8,12-13,16,21,27,32H,9-11H2,1-2H3,(H,28,30)(H,29,31);1-4H3/t13?,16?,21-,23?;/m1./s1. The van der Waals surface area contributed by atoms with E-state index in [0.717, 1.165) is 0 Å². The topological polar surface area (TPSA) is 90.5 Å². The van der Waals surface area contributed by atoms with Gasteiger partial charge in [-0.2, -0.15) is 0 Å². The first-order chi connectivity index (χ1) is 17.1. The van der Waals surface area contributed by atoms with Crippen molar-refractivity contribution in [2.24, 2.45) is 5.41 Å². The minimum atomic E-state index is -0.798. The lowest BCUT2D eigenvalue weighted by Crippen LogP contribution is -2.57. The van der Waals surface area contributed by atoms with Crippen molar-refractivity contribution in [3.05, 3.63) is 63.4 Å². The Bertz CT molecular complexity index is 1070. The summed E-state index contributed by atoms with van der Waals surface area (Å²) in [5.41, 5.74) is 1.25. The van der Waals surface area contributed by atoms with Crippen molar-refractivity contribution in [3.63, 3.8) is 0 Å². The van der Waals surface area contributed by atoms with E-state index < -0.39 is 23.4 Å². The smallest absolute Gasteiger partial charge is 0.237 e. The normalized spacial score (nSPS) is 20.5. The fraction of sp³-hybridized carbons (Fsp3) is 0.500. The van der Waals surface area contributed by atoms with Crippen molar-refractivity contribution >= 4 is 41.2 Å². The van der Waals surface area contributed by atoms with Crippen LogP contribution in [0.4, 0.5) is 10.1 Å². The number of amides is 2. The fourth-order valence-corrected chi connectivity index (χ4v) is 4.42. The number of aliphatic hydroxyl groups is 1. The lowest BCUT2D eigenvalue weighted by Gasteiger charge is -2.42. The van der Waals surface area contributed by atoms with Gasteiger partial charge in [-0.3, -0.25) is 9.59 Å². The third-order valence-corrected chi connectivity index (χ3v) is 6.30. The molecule has 1 aliphatic carbocycles. The number of halogens is 3. The summed E-state index contributed by atoms with van der Waals surface area (Å²) in [5, 5.41) is 19.1. The van der Waals surface area contributed by atoms with Crippen molar-refractivity contribution in [1.29, 1.82) is 0 Å². The molecule has 3 rings (SSSR count). The average molecular weight is 555 g/mol. The van der Waals surface area contributed by atoms with Gasteiger partial charge in [-0.1, -0.05) is 76.0 Å². The molecular formula is C28H38Cl2FN3O3. The summed E-state index contributed by atoms with van der Waals surface area (Å²) in [6.45, 7) is 12.4. The van der Waals surface area contributed by atoms with Crippen LogP contribution in [-0.4, -0.2) is 35.1 Å². The van der Waals surface area contributed by atoms with Gasteiger partial charge in [-0.15, -0.1) is 0 Å². The van der Waals surface area contributed by atoms with Crippen LogP contribution in [0.1, 0.15) is 71.4 Å². The van der Waals surface area contributed by atoms with E-state index in [1.54, 1.807) is 44.2 Å². The molecule has 0 aromatic heterocycles. The SMILES string of the molecule is CC(C)(C)C.CC(c1cccc(Cl)c1F)[C@@H](NCc1ccc(Cl)cc1NC=O)C(=O)NC1CC(C)(O)C1. The highest BCUT2D eigenvalue weighted by Gasteiger charge is 2.40. The average Bonchev–Trinajstić information content (AvgIpc) is 2.74. The molecule has 0 aliphatic heterocycles. The summed E-state index contributed by atoms with van der Waals surface area (Å²) < 4.78 is 14.7. The maximum absolute atomic E-state index is 14.7. The van der Waals surface area contributed by atoms with E-state index in [9.17, 15) is 19.1 Å². The van der Waals surface area contributed by atoms with Crippen LogP contribution in [0.15, 0.2) is 36.4 Å². The second-order valence-corrected chi connectivity index (χ2v) is 12.3. The second kappa shape index (κ2) is 13.1. The van der Waals surface area contributed by atoms with Crippen LogP contribution in [0.5, 0.6) is 0 Å². The summed E-state index contributed by atoms with van der Waals surface area (Å²) in [7, 11) is 0. The van der Waals surface area contributed by atoms with E-state index >= 15 is 0 Å². The van der Waals surface area contributed by atoms with Crippen LogP contribution in [0, 0.1) is 11.2 Å². The molecule has 6 nitrogen and oxygen atoms in total. The quantitative estimate of drug-likeness (QED) is 0.285. The van der Waals surface area contributed by atoms with Crippen molar-refractivity contribution in [2.45, 2.75) is 84.5 Å². The lowest BCUT2D eigenvalue weighted by atomic mass is 9.77. The molecule has 2 atom stereocenters. The third-order valence-electron chi connectivity index (χ3n) is 5.77. The summed E-state index contributed by atoms with van der Waals surface area (Å²) in [4.78, 5) is 24.1. The Morgan fingerprint density at radius 2 is 1.84 bits per heavy atom. The summed E-state index contributed by atoms with van der Waals surface area (Å²) in [5.74, 6) is -1.43. The van der Waals surface area contributed by atoms with Gasteiger partial charge in [0, 0.05) is 29.2 Å². The van der Waals surface area contributed by atoms with Crippen LogP contribution in [0.2, 0.25) is 10.0 Å². The van der Waals surface area contributed by atoms with Crippen LogP contribution < -0.4 is 16.0 Å². The van der Waals surface area contributed by atoms with Gasteiger partial charge in [0.1, 0.15) is 5.82 Å². The highest BCUT2D eigenvalue weighted by Crippen LogP contribution is 2.32. The first kappa shape index (κ1) is 31.0. The van der Waals surface area contributed by atoms with Gasteiger partial charge in [0.05, 0.1) is 16.7 Å². The third kappa shape index (κ3) is 9.89. The molecule has 0 spiro atoms. The maximum Gasteiger partial charge on any atom is 0.237 e. The molecule has 0 bridgehead atoms. The van der Waals surface area contributed by atoms with Gasteiger partial charge in [0.15, 0.2) is 0 Å². The molecule has 0 saturated heterocycles. The first-order valence-corrected chi connectivity index (χ1v) is 13.1. The van der Waals surface area contributed by atoms with Crippen LogP contribution in [0.25, 0.3) is 0 Å². The van der Waals surface area contributed by atoms with Gasteiger partial charge in [0.25, 0.3) is 0 Å². The van der Waals surface area contributed by atoms with Crippen LogP contribution in [0.3, 0.4) is 0 Å². The predicted molar refractivity (Wildman–Crippen MR) is 149 cm³/mol. The van der Waals surface area contributed by atoms with Crippen molar-refractivity contribution in [3.8, 4) is 0 Å². The van der Waals surface area contributed by atoms with Gasteiger partial charge in [0.2, 0.25) is 12.3 Å². The molecule has 1 unspecified atom stereocenters. The zero-order chi connectivity index (χ0) is 28.0. The fourth-order valence-electron chi connectivity index (χ4n) is 4.06. The summed E-state index contributed by atoms with van der Waals surface area (Å²) >= 11 is 12.0. The Kier molecular flexibility index (Phi) is 10.9. The summed E-state index contributed by atoms with van der Waals surface area (Å²) in [6, 6.07) is 8.78. The maximum atomic E-state index is 14.7. The molecule has 1 saturated carbocycles. The number of benzene rings is 2. The van der Waals surface area contributed by atoms with Crippen molar-refractivity contribution in [1.82, 2.24) is 10.6 Å². The number of hydrogen-bond acceptors (Lipinski definition) is 4. The molecule has 204 valence electrons. The highest BCUT2D eigenvalue weighted by molar-refractivity contribution is 6.31. The zero-order valence-electron chi connectivity index (χ0n) is 22.3. The number of rotatable bonds is 9. The predicted octanol–water partition coefficient (Wildman–Crippen LogP) is 6.04. The van der Waals surface area contributed by atoms with E-state index in [1.165, 1.54) is 6.07 Å². The molecule has 9 heteroatoms. The monoisotopic (exact) mass is 553 g/mol. The van der Waals surface area contributed by atoms with Crippen LogP contribution >= 0.6 is 23.2 Å². The Hall–Kier alpha value is -2.19. The number of hydrogen-bond donors (Lipinski definition) is 4. The van der Waals surface area contributed by atoms with Gasteiger partial charge in [-0.05, 0) is 54.5 Å². The molecular weight excluding hydrogens is 516 g/mol. The van der Waals surface area contributed by atoms with Gasteiger partial charge >= 0.3 is 0 Å². The van der Waals surface area contributed by atoms with E-state index in [1.807, 2.05) is 0 Å². The van der Waals surface area contributed by atoms with E-state index in [2.05, 4.69) is 43.6 Å². The van der Waals surface area contributed by atoms with Gasteiger partial charge < -0.3 is 21.1 Å². The van der Waals surface area contributed by atoms with Crippen LogP contribution in [-0.2, 0) is 16.1 Å². The molecule has 37 heavy (non-hydrogen) atoms. The molecule has 1 fully saturated rings. The molecule has 2 aromatic rings. The minimum Gasteiger partial charge on any atom is -0.390 e. The number of carbonyl (C=O) groups excluding carboxylic acids is 2. The Morgan fingerprint density at radius 1 is 1.22 bits per heavy atom. The largest absolute Gasteiger partial charge is 0.390 e. The van der Waals surface area contributed by atoms with E-state index in [4.69, 9.17) is 23.2 Å². The lowest BCUT2D eigenvalue weighted by molar-refractivity contribution is -0.127. The first-order valence-electron chi connectivity index (χ1n) is 12.3. The molecule has 4 N–H and O–H groups in total. The highest BCUT2D eigenvalue weighted by atomic mass is 35.5. The zero-order valence-corrected chi connectivity index (χ0v) is 23.8. The second-order valence-electron chi connectivity index (χ2n) is 11.5. The molecule has 2 aromatic carbocycles. The Labute approximate surface area is 229 Å². The van der Waals surface area contributed by atoms with Gasteiger partial charge in [-0.25, -0.2) is 4.39 Å². The number of anilines is 1. The Morgan fingerprint density at radius 3 is 2.41 bits per heavy atom. The van der Waals surface area contributed by atoms with E-state index in [-0.39, 0.29) is 23.5 Å². The van der Waals surface area contributed by atoms with E-state index in [0.29, 0.717) is 46.5 Å². The molecule has 1 aliphatic rings. The number of nitrogens with one attached hydrogen (secondary N) is 3. The molecule has 0 radical (unpaired) electrons. The molecule has 2 amide bonds.